The molecule has 18 nitrogen and oxygen atoms in total. The van der Waals surface area contributed by atoms with Crippen LogP contribution in [0.1, 0.15) is 86.5 Å². The van der Waals surface area contributed by atoms with Crippen molar-refractivity contribution >= 4 is 0 Å². The van der Waals surface area contributed by atoms with E-state index in [9.17, 15) is 56.2 Å². The molecule has 2 bridgehead atoms. The summed E-state index contributed by atoms with van der Waals surface area (Å²) in [6, 6.07) is 0. The Morgan fingerprint density at radius 1 is 0.677 bits per heavy atom. The molecule has 0 aromatic rings. The standard InChI is InChI=1S/C47H76O18/c1-21-7-13-46-20-60-47(38(46)22(21)2)14-9-27-42(3)11-10-29(43(4,19-50)26(42)8-12-44(27,5)45(47,6)15-28(46)52)63-40-36(33(56)31(54)24(16-48)61-40)65-41-37(34(57)32(55)25(17-49)62-41)64-39-35(58)30(53)23(51)18-59-39/h9,14,21-41,48-58H,7-8,10-13,15-20H2,1-6H3/t21-,22+,23-,24-,25-,26-,27-,28-,29+,30+,31+,32-,33+,34+,35-,36-,37-,38-,39+,40+,41+,42+,43+,44-,45+,46+,47-/m1/s1. The van der Waals surface area contributed by atoms with E-state index in [1.165, 1.54) is 0 Å². The lowest BCUT2D eigenvalue weighted by molar-refractivity contribution is -0.395. The average molecular weight is 929 g/mol. The highest BCUT2D eigenvalue weighted by atomic mass is 16.8. The van der Waals surface area contributed by atoms with Crippen LogP contribution in [0.2, 0.25) is 0 Å². The van der Waals surface area contributed by atoms with E-state index in [0.29, 0.717) is 37.7 Å². The molecule has 0 aromatic heterocycles. The van der Waals surface area contributed by atoms with Crippen molar-refractivity contribution in [2.24, 2.45) is 56.7 Å². The fourth-order valence-corrected chi connectivity index (χ4v) is 15.8. The van der Waals surface area contributed by atoms with E-state index in [4.69, 9.17) is 33.2 Å². The molecule has 4 saturated carbocycles. The molecule has 65 heavy (non-hydrogen) atoms. The van der Waals surface area contributed by atoms with Crippen LogP contribution in [0.5, 0.6) is 0 Å². The number of hydrogen-bond donors (Lipinski definition) is 11. The molecule has 11 N–H and O–H groups in total. The van der Waals surface area contributed by atoms with Crippen molar-refractivity contribution in [2.75, 3.05) is 33.0 Å². The van der Waals surface area contributed by atoms with Gasteiger partial charge in [-0.05, 0) is 79.4 Å². The maximum absolute atomic E-state index is 12.3. The van der Waals surface area contributed by atoms with Crippen LogP contribution in [0.4, 0.5) is 0 Å². The van der Waals surface area contributed by atoms with Crippen LogP contribution < -0.4 is 0 Å². The van der Waals surface area contributed by atoms with Gasteiger partial charge in [-0.2, -0.15) is 0 Å². The van der Waals surface area contributed by atoms with Crippen molar-refractivity contribution < 1.29 is 89.3 Å². The Morgan fingerprint density at radius 3 is 1.91 bits per heavy atom. The van der Waals surface area contributed by atoms with Crippen molar-refractivity contribution in [3.05, 3.63) is 12.2 Å². The number of ether oxygens (including phenoxy) is 7. The highest BCUT2D eigenvalue weighted by Gasteiger charge is 2.79. The second-order valence-corrected chi connectivity index (χ2v) is 22.8. The molecule has 5 aliphatic carbocycles. The second kappa shape index (κ2) is 17.1. The first-order valence-corrected chi connectivity index (χ1v) is 24.1. The maximum Gasteiger partial charge on any atom is 0.187 e. The van der Waals surface area contributed by atoms with E-state index in [1.54, 1.807) is 0 Å². The normalized spacial score (nSPS) is 59.8. The Hall–Kier alpha value is -0.980. The quantitative estimate of drug-likeness (QED) is 0.0984. The minimum Gasteiger partial charge on any atom is -0.396 e. The smallest absolute Gasteiger partial charge is 0.187 e. The molecule has 372 valence electrons. The Bertz CT molecular complexity index is 1760. The van der Waals surface area contributed by atoms with Gasteiger partial charge in [0.15, 0.2) is 18.9 Å². The van der Waals surface area contributed by atoms with Crippen LogP contribution in [0, 0.1) is 56.7 Å². The zero-order valence-electron chi connectivity index (χ0n) is 38.5. The van der Waals surface area contributed by atoms with E-state index in [0.717, 1.165) is 25.7 Å². The van der Waals surface area contributed by atoms with Gasteiger partial charge >= 0.3 is 0 Å². The second-order valence-electron chi connectivity index (χ2n) is 22.8. The molecule has 8 fully saturated rings. The summed E-state index contributed by atoms with van der Waals surface area (Å²) in [4.78, 5) is 0. The van der Waals surface area contributed by atoms with E-state index in [-0.39, 0.29) is 46.0 Å². The molecule has 27 atom stereocenters. The molecule has 0 aromatic carbocycles. The van der Waals surface area contributed by atoms with Gasteiger partial charge in [0, 0.05) is 22.2 Å². The zero-order chi connectivity index (χ0) is 47.0. The summed E-state index contributed by atoms with van der Waals surface area (Å²) in [5, 5.41) is 120. The van der Waals surface area contributed by atoms with E-state index in [1.807, 2.05) is 6.92 Å². The molecule has 4 heterocycles. The molecular weight excluding hydrogens is 852 g/mol. The molecular formula is C47H76O18. The first-order valence-electron chi connectivity index (χ1n) is 24.1. The van der Waals surface area contributed by atoms with Crippen LogP contribution in [-0.2, 0) is 33.2 Å². The first kappa shape index (κ1) is 49.0. The Morgan fingerprint density at radius 2 is 1.29 bits per heavy atom. The summed E-state index contributed by atoms with van der Waals surface area (Å²) in [5.41, 5.74) is -2.66. The summed E-state index contributed by atoms with van der Waals surface area (Å²) in [5.74, 6) is 1.06. The lowest BCUT2D eigenvalue weighted by Gasteiger charge is -2.73. The van der Waals surface area contributed by atoms with Crippen molar-refractivity contribution in [3.8, 4) is 0 Å². The van der Waals surface area contributed by atoms with E-state index in [2.05, 4.69) is 46.8 Å². The minimum atomic E-state index is -1.85. The number of aliphatic hydroxyl groups is 11. The first-order chi connectivity index (χ1) is 30.6. The number of allylic oxidation sites excluding steroid dienone is 1. The summed E-state index contributed by atoms with van der Waals surface area (Å²) in [6.45, 7) is 12.1. The van der Waals surface area contributed by atoms with Gasteiger partial charge in [0.2, 0.25) is 0 Å². The molecule has 9 rings (SSSR count). The Balaban J connectivity index is 1.00. The van der Waals surface area contributed by atoms with Gasteiger partial charge in [-0.15, -0.1) is 0 Å². The fourth-order valence-electron chi connectivity index (χ4n) is 15.8. The number of hydrogen-bond acceptors (Lipinski definition) is 18. The summed E-state index contributed by atoms with van der Waals surface area (Å²) < 4.78 is 43.5. The molecule has 1 spiro atoms. The van der Waals surface area contributed by atoms with Crippen LogP contribution in [0.3, 0.4) is 0 Å². The third-order valence-electron chi connectivity index (χ3n) is 20.0. The average Bonchev–Trinajstić information content (AvgIpc) is 3.59. The lowest BCUT2D eigenvalue weighted by atomic mass is 9.31. The number of rotatable bonds is 9. The highest BCUT2D eigenvalue weighted by Crippen LogP contribution is 2.79. The predicted octanol–water partition coefficient (Wildman–Crippen LogP) is -0.931. The predicted molar refractivity (Wildman–Crippen MR) is 225 cm³/mol. The monoisotopic (exact) mass is 929 g/mol. The molecule has 0 amide bonds. The summed E-state index contributed by atoms with van der Waals surface area (Å²) in [6.07, 6.45) is -14.1. The van der Waals surface area contributed by atoms with Crippen LogP contribution in [0.15, 0.2) is 12.2 Å². The largest absolute Gasteiger partial charge is 0.396 e. The summed E-state index contributed by atoms with van der Waals surface area (Å²) in [7, 11) is 0. The molecule has 18 heteroatoms. The fraction of sp³-hybridized carbons (Fsp3) is 0.957. The van der Waals surface area contributed by atoms with Gasteiger partial charge in [-0.25, -0.2) is 0 Å². The number of aliphatic hydroxyl groups excluding tert-OH is 11. The molecule has 4 saturated heterocycles. The maximum atomic E-state index is 12.3. The molecule has 9 aliphatic rings. The minimum absolute atomic E-state index is 0.0619. The van der Waals surface area contributed by atoms with Crippen LogP contribution >= 0.6 is 0 Å². The summed E-state index contributed by atoms with van der Waals surface area (Å²) >= 11 is 0. The van der Waals surface area contributed by atoms with Crippen molar-refractivity contribution in [2.45, 2.75) is 190 Å². The van der Waals surface area contributed by atoms with Gasteiger partial charge in [0.05, 0.1) is 50.8 Å². The topological polar surface area (TPSA) is 287 Å². The Labute approximate surface area is 380 Å². The van der Waals surface area contributed by atoms with Gasteiger partial charge in [0.1, 0.15) is 67.1 Å². The Kier molecular flexibility index (Phi) is 12.9. The van der Waals surface area contributed by atoms with Gasteiger partial charge in [-0.3, -0.25) is 0 Å². The van der Waals surface area contributed by atoms with Gasteiger partial charge in [-0.1, -0.05) is 53.7 Å². The van der Waals surface area contributed by atoms with Crippen molar-refractivity contribution in [3.63, 3.8) is 0 Å². The lowest BCUT2D eigenvalue weighted by Crippen LogP contribution is -2.73. The van der Waals surface area contributed by atoms with Crippen molar-refractivity contribution in [1.29, 1.82) is 0 Å². The van der Waals surface area contributed by atoms with Crippen molar-refractivity contribution in [1.82, 2.24) is 0 Å². The highest BCUT2D eigenvalue weighted by molar-refractivity contribution is 5.36. The number of fused-ring (bicyclic) bond motifs is 4. The molecule has 4 aliphatic heterocycles. The van der Waals surface area contributed by atoms with Gasteiger partial charge < -0.3 is 89.3 Å². The third kappa shape index (κ3) is 6.85. The third-order valence-corrected chi connectivity index (χ3v) is 20.0. The van der Waals surface area contributed by atoms with E-state index >= 15 is 0 Å². The van der Waals surface area contributed by atoms with E-state index < -0.39 is 129 Å². The zero-order valence-corrected chi connectivity index (χ0v) is 38.5. The SMILES string of the molecule is C[C@H]1[C@H](C)CC[C@]23CO[C@]4(C=C[C@@H]5[C@@]6(C)CC[C@H](O[C@@H]7O[C@H](CO)[C@H](O)[C@H](O)[C@H]7O[C@@H]7O[C@H](CO)[C@@H](O)[C@H](O)[C@H]7O[C@@H]7OC[C@@H](O)[C@H](O)[C@H]7O)[C@@](C)(CO)[C@@H]6CC[C@@]5(C)[C@]4(C)C[C@H]2O)[C@H]13. The van der Waals surface area contributed by atoms with Crippen LogP contribution in [0.25, 0.3) is 0 Å². The molecule has 0 unspecified atom stereocenters. The molecule has 0 radical (unpaired) electrons. The van der Waals surface area contributed by atoms with Crippen LogP contribution in [-0.4, -0.2) is 193 Å². The van der Waals surface area contributed by atoms with Gasteiger partial charge in [0.25, 0.3) is 0 Å².